The molecule has 2 aromatic rings. The second kappa shape index (κ2) is 12.1. The molecule has 0 atom stereocenters. The molecule has 2 aromatic carbocycles. The van der Waals surface area contributed by atoms with Gasteiger partial charge in [0, 0.05) is 11.4 Å². The van der Waals surface area contributed by atoms with Gasteiger partial charge < -0.3 is 14.6 Å². The number of nitrogens with zero attached hydrogens (tertiary/aromatic N) is 1. The van der Waals surface area contributed by atoms with Crippen LogP contribution in [-0.4, -0.2) is 28.6 Å². The largest absolute Gasteiger partial charge is 0.506 e. The van der Waals surface area contributed by atoms with Crippen LogP contribution in [-0.2, 0) is 20.9 Å². The highest BCUT2D eigenvalue weighted by atomic mass is 35.5. The van der Waals surface area contributed by atoms with Gasteiger partial charge in [-0.2, -0.15) is 0 Å². The van der Waals surface area contributed by atoms with Crippen molar-refractivity contribution in [1.29, 1.82) is 0 Å². The van der Waals surface area contributed by atoms with Gasteiger partial charge in [0.05, 0.1) is 16.5 Å². The Morgan fingerprint density at radius 1 is 1.12 bits per heavy atom. The Hall–Kier alpha value is -2.74. The molecule has 0 spiro atoms. The number of aliphatic hydroxyl groups excluding tert-OH is 1. The van der Waals surface area contributed by atoms with E-state index >= 15 is 0 Å². The summed E-state index contributed by atoms with van der Waals surface area (Å²) < 4.78 is 10.8. The van der Waals surface area contributed by atoms with Gasteiger partial charge in [0.25, 0.3) is 0 Å². The lowest BCUT2D eigenvalue weighted by molar-refractivity contribution is -0.138. The number of halogens is 2. The predicted octanol–water partition coefficient (Wildman–Crippen LogP) is 6.76. The second-order valence-electron chi connectivity index (χ2n) is 7.22. The van der Waals surface area contributed by atoms with Crippen LogP contribution in [0.1, 0.15) is 37.8 Å². The van der Waals surface area contributed by atoms with Gasteiger partial charge in [0.15, 0.2) is 0 Å². The van der Waals surface area contributed by atoms with Crippen molar-refractivity contribution >= 4 is 58.0 Å². The maximum absolute atomic E-state index is 12.4. The van der Waals surface area contributed by atoms with E-state index < -0.39 is 5.97 Å². The molecule has 1 aliphatic rings. The number of aliphatic imine (C=N–C) groups is 1. The summed E-state index contributed by atoms with van der Waals surface area (Å²) in [5.74, 6) is -0.892. The molecule has 0 bridgehead atoms. The summed E-state index contributed by atoms with van der Waals surface area (Å²) in [7, 11) is 0. The quantitative estimate of drug-likeness (QED) is 0.387. The van der Waals surface area contributed by atoms with Crippen molar-refractivity contribution in [2.24, 2.45) is 4.99 Å². The topological polar surface area (TPSA) is 85.2 Å². The van der Waals surface area contributed by atoms with Gasteiger partial charge in [-0.1, -0.05) is 60.1 Å². The summed E-state index contributed by atoms with van der Waals surface area (Å²) in [5.41, 5.74) is 1.50. The van der Waals surface area contributed by atoms with Gasteiger partial charge >= 0.3 is 5.97 Å². The van der Waals surface area contributed by atoms with Crippen LogP contribution in [0.4, 0.5) is 0 Å². The Bertz CT molecular complexity index is 1170. The molecule has 34 heavy (non-hydrogen) atoms. The number of rotatable bonds is 8. The summed E-state index contributed by atoms with van der Waals surface area (Å²) in [6.45, 7) is 3.97. The van der Waals surface area contributed by atoms with E-state index in [1.807, 2.05) is 19.1 Å². The van der Waals surface area contributed by atoms with Gasteiger partial charge in [0.1, 0.15) is 28.7 Å². The predicted molar refractivity (Wildman–Crippen MR) is 136 cm³/mol. The number of hydrogen-bond acceptors (Lipinski definition) is 6. The first kappa shape index (κ1) is 25.9. The number of hydrogen-bond donors (Lipinski definition) is 1. The van der Waals surface area contributed by atoms with Crippen molar-refractivity contribution in [3.05, 3.63) is 79.9 Å². The maximum Gasteiger partial charge on any atom is 0.344 e. The Morgan fingerprint density at radius 2 is 1.85 bits per heavy atom. The first-order valence-electron chi connectivity index (χ1n) is 10.6. The van der Waals surface area contributed by atoms with Gasteiger partial charge in [-0.15, -0.1) is 0 Å². The Labute approximate surface area is 212 Å². The highest BCUT2D eigenvalue weighted by Crippen LogP contribution is 2.40. The van der Waals surface area contributed by atoms with Crippen molar-refractivity contribution in [2.75, 3.05) is 6.61 Å². The second-order valence-corrected chi connectivity index (χ2v) is 9.09. The third-order valence-corrected chi connectivity index (χ3v) is 6.19. The molecule has 0 aromatic heterocycles. The van der Waals surface area contributed by atoms with E-state index in [1.165, 1.54) is 0 Å². The number of carbonyl (C=O) groups excluding carboxylic acids is 2. The fraction of sp³-hybridized carbons (Fsp3) is 0.240. The number of ether oxygens (including phenoxy) is 2. The zero-order chi connectivity index (χ0) is 24.7. The lowest BCUT2D eigenvalue weighted by Crippen LogP contribution is -2.14. The molecule has 0 unspecified atom stereocenters. The summed E-state index contributed by atoms with van der Waals surface area (Å²) in [5, 5.41) is 11.9. The van der Waals surface area contributed by atoms with E-state index in [1.54, 1.807) is 43.3 Å². The number of thioether (sulfide) groups is 1. The van der Waals surface area contributed by atoms with Crippen LogP contribution in [0.15, 0.2) is 63.7 Å². The van der Waals surface area contributed by atoms with Gasteiger partial charge in [0.2, 0.25) is 5.91 Å². The number of aliphatic hydroxyl groups is 1. The molecular weight excluding hydrogens is 497 g/mol. The number of benzene rings is 2. The van der Waals surface area contributed by atoms with Crippen molar-refractivity contribution in [3.63, 3.8) is 0 Å². The van der Waals surface area contributed by atoms with Crippen LogP contribution < -0.4 is 4.74 Å². The molecule has 1 heterocycles. The molecule has 0 saturated heterocycles. The standard InChI is InChI=1S/C25H23Cl2NO5S/c1-3-5-21(29)28-24-22(25(31)32-4-2)23(30)20(34-24)13-16-8-11-19(18(27)12-16)33-14-15-6-9-17(26)10-7-15/h6-13,30H,3-5,14H2,1-2H3/b20-13-,28-24?. The van der Waals surface area contributed by atoms with Gasteiger partial charge in [-0.3, -0.25) is 4.79 Å². The van der Waals surface area contributed by atoms with Crippen LogP contribution in [0, 0.1) is 0 Å². The fourth-order valence-electron chi connectivity index (χ4n) is 2.99. The van der Waals surface area contributed by atoms with Crippen molar-refractivity contribution in [3.8, 4) is 5.75 Å². The third-order valence-electron chi connectivity index (χ3n) is 4.62. The minimum absolute atomic E-state index is 0.114. The van der Waals surface area contributed by atoms with E-state index in [0.717, 1.165) is 17.3 Å². The lowest BCUT2D eigenvalue weighted by atomic mass is 10.1. The van der Waals surface area contributed by atoms with Gasteiger partial charge in [-0.05, 0) is 54.8 Å². The average Bonchev–Trinajstić information content (AvgIpc) is 3.09. The van der Waals surface area contributed by atoms with E-state index in [9.17, 15) is 14.7 Å². The first-order valence-corrected chi connectivity index (χ1v) is 12.2. The monoisotopic (exact) mass is 519 g/mol. The van der Waals surface area contributed by atoms with Crippen LogP contribution in [0.25, 0.3) is 6.08 Å². The Balaban J connectivity index is 1.83. The molecule has 3 rings (SSSR count). The van der Waals surface area contributed by atoms with Crippen LogP contribution in [0.2, 0.25) is 10.0 Å². The molecule has 1 aliphatic heterocycles. The zero-order valence-corrected chi connectivity index (χ0v) is 21.0. The molecule has 0 saturated carbocycles. The molecule has 6 nitrogen and oxygen atoms in total. The molecule has 0 radical (unpaired) electrons. The van der Waals surface area contributed by atoms with Crippen LogP contribution in [0.3, 0.4) is 0 Å². The minimum Gasteiger partial charge on any atom is -0.506 e. The molecule has 0 aliphatic carbocycles. The van der Waals surface area contributed by atoms with Crippen LogP contribution in [0.5, 0.6) is 5.75 Å². The van der Waals surface area contributed by atoms with E-state index in [2.05, 4.69) is 4.99 Å². The van der Waals surface area contributed by atoms with E-state index in [-0.39, 0.29) is 35.3 Å². The zero-order valence-electron chi connectivity index (χ0n) is 18.6. The van der Waals surface area contributed by atoms with Crippen molar-refractivity contribution < 1.29 is 24.2 Å². The summed E-state index contributed by atoms with van der Waals surface area (Å²) >= 11 is 13.3. The van der Waals surface area contributed by atoms with Gasteiger partial charge in [-0.25, -0.2) is 9.79 Å². The highest BCUT2D eigenvalue weighted by Gasteiger charge is 2.33. The number of carbonyl (C=O) groups is 2. The summed E-state index contributed by atoms with van der Waals surface area (Å²) in [6, 6.07) is 12.5. The van der Waals surface area contributed by atoms with Crippen molar-refractivity contribution in [1.82, 2.24) is 0 Å². The first-order chi connectivity index (χ1) is 16.3. The Kier molecular flexibility index (Phi) is 9.21. The molecule has 178 valence electrons. The van der Waals surface area contributed by atoms with E-state index in [0.29, 0.717) is 39.3 Å². The summed E-state index contributed by atoms with van der Waals surface area (Å²) in [4.78, 5) is 28.8. The fourth-order valence-corrected chi connectivity index (χ4v) is 4.39. The smallest absolute Gasteiger partial charge is 0.344 e. The molecule has 1 amide bonds. The molecule has 0 fully saturated rings. The average molecular weight is 520 g/mol. The van der Waals surface area contributed by atoms with Crippen molar-refractivity contribution in [2.45, 2.75) is 33.3 Å². The molecular formula is C25H23Cl2NO5S. The number of amides is 1. The van der Waals surface area contributed by atoms with Crippen LogP contribution >= 0.6 is 35.0 Å². The SMILES string of the molecule is CCCC(=O)N=C1S/C(=C\c2ccc(OCc3ccc(Cl)cc3)c(Cl)c2)C(O)=C1C(=O)OCC. The Morgan fingerprint density at radius 3 is 2.50 bits per heavy atom. The molecule has 1 N–H and O–H groups in total. The minimum atomic E-state index is -0.733. The third kappa shape index (κ3) is 6.65. The normalized spacial score (nSPS) is 15.8. The maximum atomic E-state index is 12.4. The van der Waals surface area contributed by atoms with E-state index in [4.69, 9.17) is 32.7 Å². The number of esters is 1. The summed E-state index contributed by atoms with van der Waals surface area (Å²) in [6.07, 6.45) is 2.52. The lowest BCUT2D eigenvalue weighted by Gasteiger charge is -2.09. The highest BCUT2D eigenvalue weighted by molar-refractivity contribution is 8.18. The molecule has 9 heteroatoms.